The van der Waals surface area contributed by atoms with Crippen molar-refractivity contribution in [2.75, 3.05) is 6.54 Å². The molecule has 5 heteroatoms. The van der Waals surface area contributed by atoms with Gasteiger partial charge in [-0.3, -0.25) is 0 Å². The molecule has 0 atom stereocenters. The Hall–Kier alpha value is -1.88. The summed E-state index contributed by atoms with van der Waals surface area (Å²) in [5.41, 5.74) is 0.869. The third-order valence-electron chi connectivity index (χ3n) is 2.45. The molecule has 2 aromatic rings. The van der Waals surface area contributed by atoms with Crippen LogP contribution >= 0.6 is 0 Å². The van der Waals surface area contributed by atoms with Gasteiger partial charge in [-0.1, -0.05) is 13.0 Å². The fourth-order valence-corrected chi connectivity index (χ4v) is 1.65. The molecule has 102 valence electrons. The molecule has 0 bridgehead atoms. The molecule has 1 aromatic heterocycles. The smallest absolute Gasteiger partial charge is 0.247 e. The summed E-state index contributed by atoms with van der Waals surface area (Å²) < 4.78 is 11.2. The van der Waals surface area contributed by atoms with E-state index in [0.717, 1.165) is 17.9 Å². The standard InChI is InChI=1S/C14H19N3O2/c1-4-15-9-13-16-17-14(19-13)11-6-5-7-12(8-11)18-10(2)3/h5-8,10,15H,4,9H2,1-3H3. The van der Waals surface area contributed by atoms with Gasteiger partial charge in [-0.05, 0) is 38.6 Å². The number of hydrogen-bond donors (Lipinski definition) is 1. The van der Waals surface area contributed by atoms with Crippen LogP contribution in [0.4, 0.5) is 0 Å². The van der Waals surface area contributed by atoms with Gasteiger partial charge in [0.15, 0.2) is 0 Å². The van der Waals surface area contributed by atoms with Crippen LogP contribution < -0.4 is 10.1 Å². The molecule has 1 aromatic carbocycles. The predicted octanol–water partition coefficient (Wildman–Crippen LogP) is 2.63. The molecule has 0 amide bonds. The number of nitrogens with one attached hydrogen (secondary N) is 1. The van der Waals surface area contributed by atoms with E-state index in [0.29, 0.717) is 18.3 Å². The van der Waals surface area contributed by atoms with Crippen LogP contribution in [-0.4, -0.2) is 22.8 Å². The van der Waals surface area contributed by atoms with Crippen LogP contribution in [0.15, 0.2) is 28.7 Å². The first-order valence-electron chi connectivity index (χ1n) is 6.49. The second-order valence-electron chi connectivity index (χ2n) is 4.48. The molecule has 5 nitrogen and oxygen atoms in total. The number of aromatic nitrogens is 2. The maximum Gasteiger partial charge on any atom is 0.247 e. The molecular formula is C14H19N3O2. The molecule has 1 N–H and O–H groups in total. The van der Waals surface area contributed by atoms with Gasteiger partial charge in [0.25, 0.3) is 0 Å². The zero-order valence-electron chi connectivity index (χ0n) is 11.5. The van der Waals surface area contributed by atoms with Crippen molar-refractivity contribution in [2.24, 2.45) is 0 Å². The zero-order valence-corrected chi connectivity index (χ0v) is 11.5. The van der Waals surface area contributed by atoms with E-state index in [1.807, 2.05) is 45.0 Å². The lowest BCUT2D eigenvalue weighted by Gasteiger charge is -2.09. The number of nitrogens with zero attached hydrogens (tertiary/aromatic N) is 2. The van der Waals surface area contributed by atoms with Crippen molar-refractivity contribution >= 4 is 0 Å². The van der Waals surface area contributed by atoms with Crippen LogP contribution in [-0.2, 0) is 6.54 Å². The minimum atomic E-state index is 0.141. The maximum atomic E-state index is 5.65. The summed E-state index contributed by atoms with van der Waals surface area (Å²) in [5.74, 6) is 1.91. The van der Waals surface area contributed by atoms with Crippen molar-refractivity contribution < 1.29 is 9.15 Å². The van der Waals surface area contributed by atoms with E-state index in [2.05, 4.69) is 15.5 Å². The quantitative estimate of drug-likeness (QED) is 0.866. The molecule has 0 unspecified atom stereocenters. The molecule has 0 aliphatic carbocycles. The maximum absolute atomic E-state index is 5.65. The predicted molar refractivity (Wildman–Crippen MR) is 72.9 cm³/mol. The van der Waals surface area contributed by atoms with Crippen molar-refractivity contribution in [3.05, 3.63) is 30.2 Å². The Morgan fingerprint density at radius 2 is 2.16 bits per heavy atom. The molecule has 0 aliphatic heterocycles. The summed E-state index contributed by atoms with van der Waals surface area (Å²) in [6.45, 7) is 7.48. The van der Waals surface area contributed by atoms with E-state index < -0.39 is 0 Å². The van der Waals surface area contributed by atoms with Gasteiger partial charge >= 0.3 is 0 Å². The Balaban J connectivity index is 2.14. The summed E-state index contributed by atoms with van der Waals surface area (Å²) >= 11 is 0. The normalized spacial score (nSPS) is 10.9. The first kappa shape index (κ1) is 13.5. The Morgan fingerprint density at radius 3 is 2.89 bits per heavy atom. The molecule has 0 spiro atoms. The Morgan fingerprint density at radius 1 is 1.32 bits per heavy atom. The lowest BCUT2D eigenvalue weighted by molar-refractivity contribution is 0.242. The summed E-state index contributed by atoms with van der Waals surface area (Å²) in [6.07, 6.45) is 0.141. The molecular weight excluding hydrogens is 242 g/mol. The van der Waals surface area contributed by atoms with Gasteiger partial charge in [-0.15, -0.1) is 10.2 Å². The monoisotopic (exact) mass is 261 g/mol. The van der Waals surface area contributed by atoms with Crippen LogP contribution in [0.2, 0.25) is 0 Å². The highest BCUT2D eigenvalue weighted by Crippen LogP contribution is 2.23. The largest absolute Gasteiger partial charge is 0.491 e. The van der Waals surface area contributed by atoms with Gasteiger partial charge in [-0.25, -0.2) is 0 Å². The Labute approximate surface area is 113 Å². The summed E-state index contributed by atoms with van der Waals surface area (Å²) in [4.78, 5) is 0. The number of hydrogen-bond acceptors (Lipinski definition) is 5. The van der Waals surface area contributed by atoms with E-state index in [-0.39, 0.29) is 6.10 Å². The lowest BCUT2D eigenvalue weighted by atomic mass is 10.2. The molecule has 0 saturated carbocycles. The van der Waals surface area contributed by atoms with Gasteiger partial charge in [0.2, 0.25) is 11.8 Å². The van der Waals surface area contributed by atoms with Crippen LogP contribution in [0.25, 0.3) is 11.5 Å². The highest BCUT2D eigenvalue weighted by atomic mass is 16.5. The molecule has 0 saturated heterocycles. The van der Waals surface area contributed by atoms with E-state index in [1.165, 1.54) is 0 Å². The van der Waals surface area contributed by atoms with E-state index in [1.54, 1.807) is 0 Å². The molecule has 19 heavy (non-hydrogen) atoms. The van der Waals surface area contributed by atoms with Crippen LogP contribution in [0.3, 0.4) is 0 Å². The summed E-state index contributed by atoms with van der Waals surface area (Å²) in [6, 6.07) is 7.67. The van der Waals surface area contributed by atoms with E-state index >= 15 is 0 Å². The average Bonchev–Trinajstić information content (AvgIpc) is 2.84. The van der Waals surface area contributed by atoms with Crippen molar-refractivity contribution in [1.29, 1.82) is 0 Å². The Kier molecular flexibility index (Phi) is 4.52. The topological polar surface area (TPSA) is 60.2 Å². The molecule has 0 radical (unpaired) electrons. The fourth-order valence-electron chi connectivity index (χ4n) is 1.65. The minimum absolute atomic E-state index is 0.141. The number of rotatable bonds is 6. The van der Waals surface area contributed by atoms with Gasteiger partial charge in [0, 0.05) is 5.56 Å². The molecule has 0 fully saturated rings. The number of benzene rings is 1. The average molecular weight is 261 g/mol. The lowest BCUT2D eigenvalue weighted by Crippen LogP contribution is -2.11. The fraction of sp³-hybridized carbons (Fsp3) is 0.429. The van der Waals surface area contributed by atoms with Crippen molar-refractivity contribution in [3.8, 4) is 17.2 Å². The third kappa shape index (κ3) is 3.79. The molecule has 1 heterocycles. The van der Waals surface area contributed by atoms with Gasteiger partial charge in [-0.2, -0.15) is 0 Å². The second-order valence-corrected chi connectivity index (χ2v) is 4.48. The van der Waals surface area contributed by atoms with E-state index in [4.69, 9.17) is 9.15 Å². The molecule has 2 rings (SSSR count). The first-order valence-corrected chi connectivity index (χ1v) is 6.49. The van der Waals surface area contributed by atoms with Crippen molar-refractivity contribution in [1.82, 2.24) is 15.5 Å². The molecule has 0 aliphatic rings. The highest BCUT2D eigenvalue weighted by Gasteiger charge is 2.09. The van der Waals surface area contributed by atoms with E-state index in [9.17, 15) is 0 Å². The van der Waals surface area contributed by atoms with Crippen molar-refractivity contribution in [3.63, 3.8) is 0 Å². The summed E-state index contributed by atoms with van der Waals surface area (Å²) in [7, 11) is 0. The van der Waals surface area contributed by atoms with Crippen molar-refractivity contribution in [2.45, 2.75) is 33.4 Å². The summed E-state index contributed by atoms with van der Waals surface area (Å²) in [5, 5.41) is 11.2. The van der Waals surface area contributed by atoms with Gasteiger partial charge in [0.05, 0.1) is 12.6 Å². The zero-order chi connectivity index (χ0) is 13.7. The van der Waals surface area contributed by atoms with Gasteiger partial charge in [0.1, 0.15) is 5.75 Å². The minimum Gasteiger partial charge on any atom is -0.491 e. The third-order valence-corrected chi connectivity index (χ3v) is 2.45. The van der Waals surface area contributed by atoms with Gasteiger partial charge < -0.3 is 14.5 Å². The van der Waals surface area contributed by atoms with Crippen LogP contribution in [0.1, 0.15) is 26.7 Å². The first-order chi connectivity index (χ1) is 9.19. The highest BCUT2D eigenvalue weighted by molar-refractivity contribution is 5.55. The number of ether oxygens (including phenoxy) is 1. The van der Waals surface area contributed by atoms with Crippen LogP contribution in [0.5, 0.6) is 5.75 Å². The van der Waals surface area contributed by atoms with Crippen LogP contribution in [0, 0.1) is 0 Å². The Bertz CT molecular complexity index is 523. The second kappa shape index (κ2) is 6.33. The SMILES string of the molecule is CCNCc1nnc(-c2cccc(OC(C)C)c2)o1.